The van der Waals surface area contributed by atoms with Gasteiger partial charge in [0.2, 0.25) is 0 Å². The molecule has 0 unspecified atom stereocenters. The van der Waals surface area contributed by atoms with Crippen LogP contribution in [0.5, 0.6) is 0 Å². The molecule has 2 aromatic heterocycles. The fourth-order valence-electron chi connectivity index (χ4n) is 1.30. The number of pyridine rings is 1. The summed E-state index contributed by atoms with van der Waals surface area (Å²) in [5.41, 5.74) is 0.0395. The Balaban J connectivity index is 2.34. The van der Waals surface area contributed by atoms with Crippen LogP contribution in [-0.4, -0.2) is 15.0 Å². The van der Waals surface area contributed by atoms with Crippen molar-refractivity contribution in [1.29, 1.82) is 0 Å². The molecule has 0 aromatic carbocycles. The fraction of sp³-hybridized carbons (Fsp3) is 0.182. The molecule has 18 heavy (non-hydrogen) atoms. The molecule has 0 saturated heterocycles. The van der Waals surface area contributed by atoms with E-state index in [1.807, 2.05) is 0 Å². The summed E-state index contributed by atoms with van der Waals surface area (Å²) < 4.78 is 0.571. The van der Waals surface area contributed by atoms with Gasteiger partial charge in [-0.3, -0.25) is 15.1 Å². The summed E-state index contributed by atoms with van der Waals surface area (Å²) in [7, 11) is 0. The molecule has 0 aliphatic heterocycles. The molecule has 7 heteroatoms. The van der Waals surface area contributed by atoms with Crippen molar-refractivity contribution in [2.45, 2.75) is 22.1 Å². The van der Waals surface area contributed by atoms with Crippen molar-refractivity contribution in [3.05, 3.63) is 45.6 Å². The van der Waals surface area contributed by atoms with Crippen molar-refractivity contribution < 1.29 is 10.0 Å². The van der Waals surface area contributed by atoms with Gasteiger partial charge < -0.3 is 5.11 Å². The molecule has 1 atom stereocenters. The van der Waals surface area contributed by atoms with Gasteiger partial charge >= 0.3 is 0 Å². The summed E-state index contributed by atoms with van der Waals surface area (Å²) in [5, 5.41) is 20.4. The maximum Gasteiger partial charge on any atom is 0.294 e. The van der Waals surface area contributed by atoms with E-state index in [-0.39, 0.29) is 5.69 Å². The monoisotopic (exact) mass is 282 g/mol. The van der Waals surface area contributed by atoms with Gasteiger partial charge in [-0.15, -0.1) is 11.3 Å². The van der Waals surface area contributed by atoms with Crippen molar-refractivity contribution >= 4 is 28.8 Å². The predicted octanol–water partition coefficient (Wildman–Crippen LogP) is 3.26. The van der Waals surface area contributed by atoms with Gasteiger partial charge in [-0.25, -0.2) is 0 Å². The van der Waals surface area contributed by atoms with Crippen molar-refractivity contribution in [2.75, 3.05) is 0 Å². The van der Waals surface area contributed by atoms with E-state index in [4.69, 9.17) is 0 Å². The van der Waals surface area contributed by atoms with Gasteiger partial charge in [0.05, 0.1) is 11.0 Å². The minimum Gasteiger partial charge on any atom is -0.388 e. The Bertz CT molecular complexity index is 555. The Morgan fingerprint density at radius 1 is 1.50 bits per heavy atom. The highest BCUT2D eigenvalue weighted by Crippen LogP contribution is 2.42. The number of thiophene rings is 1. The molecule has 2 rings (SSSR count). The molecule has 2 aromatic rings. The Labute approximate surface area is 112 Å². The number of hydrogen-bond donors (Lipinski definition) is 1. The summed E-state index contributed by atoms with van der Waals surface area (Å²) in [4.78, 5) is 15.9. The molecular formula is C11H10N2O3S2. The minimum atomic E-state index is -0.694. The lowest BCUT2D eigenvalue weighted by Crippen LogP contribution is -1.87. The zero-order valence-corrected chi connectivity index (χ0v) is 11.1. The highest BCUT2D eigenvalue weighted by Gasteiger charge is 2.21. The van der Waals surface area contributed by atoms with Crippen molar-refractivity contribution in [2.24, 2.45) is 0 Å². The zero-order chi connectivity index (χ0) is 13.1. The highest BCUT2D eigenvalue weighted by molar-refractivity contribution is 8.01. The minimum absolute atomic E-state index is 0.0395. The first-order valence-electron chi connectivity index (χ1n) is 5.12. The molecule has 0 bridgehead atoms. The summed E-state index contributed by atoms with van der Waals surface area (Å²) in [5.74, 6) is 0. The van der Waals surface area contributed by atoms with Gasteiger partial charge in [0, 0.05) is 28.2 Å². The lowest BCUT2D eigenvalue weighted by atomic mass is 10.3. The summed E-state index contributed by atoms with van der Waals surface area (Å²) >= 11 is 2.55. The first-order chi connectivity index (χ1) is 8.58. The van der Waals surface area contributed by atoms with Crippen molar-refractivity contribution in [3.63, 3.8) is 0 Å². The molecule has 94 valence electrons. The van der Waals surface area contributed by atoms with Crippen LogP contribution in [0.25, 0.3) is 0 Å². The fourth-order valence-corrected chi connectivity index (χ4v) is 3.55. The number of aromatic nitrogens is 1. The second kappa shape index (κ2) is 5.47. The molecule has 0 fully saturated rings. The molecule has 5 nitrogen and oxygen atoms in total. The lowest BCUT2D eigenvalue weighted by Gasteiger charge is -1.98. The van der Waals surface area contributed by atoms with Crippen molar-refractivity contribution in [1.82, 2.24) is 4.98 Å². The predicted molar refractivity (Wildman–Crippen MR) is 70.0 cm³/mol. The summed E-state index contributed by atoms with van der Waals surface area (Å²) in [6.45, 7) is 1.59. The number of aliphatic hydroxyl groups excluding tert-OH is 1. The second-order valence-corrected chi connectivity index (χ2v) is 5.97. The average molecular weight is 282 g/mol. The topological polar surface area (TPSA) is 76.3 Å². The lowest BCUT2D eigenvalue weighted by molar-refractivity contribution is -0.387. The smallest absolute Gasteiger partial charge is 0.294 e. The Morgan fingerprint density at radius 2 is 2.17 bits per heavy atom. The summed E-state index contributed by atoms with van der Waals surface area (Å²) in [6.07, 6.45) is 2.58. The Kier molecular flexibility index (Phi) is 3.95. The van der Waals surface area contributed by atoms with E-state index in [0.29, 0.717) is 9.09 Å². The molecule has 0 aliphatic carbocycles. The van der Waals surface area contributed by atoms with Gasteiger partial charge in [-0.1, -0.05) is 11.8 Å². The van der Waals surface area contributed by atoms with Gasteiger partial charge in [0.15, 0.2) is 0 Å². The third-order valence-electron chi connectivity index (χ3n) is 2.17. The molecule has 0 aliphatic rings. The Hall–Kier alpha value is -1.44. The maximum absolute atomic E-state index is 11.0. The normalized spacial score (nSPS) is 12.3. The first kappa shape index (κ1) is 13.0. The second-order valence-electron chi connectivity index (χ2n) is 3.54. The maximum atomic E-state index is 11.0. The molecule has 1 N–H and O–H groups in total. The molecule has 0 saturated carbocycles. The van der Waals surface area contributed by atoms with Gasteiger partial charge in [-0.2, -0.15) is 0 Å². The van der Waals surface area contributed by atoms with Gasteiger partial charge in [0.25, 0.3) is 5.69 Å². The number of nitro groups is 1. The third kappa shape index (κ3) is 2.87. The first-order valence-corrected chi connectivity index (χ1v) is 6.75. The highest BCUT2D eigenvalue weighted by atomic mass is 32.2. The van der Waals surface area contributed by atoms with Crippen LogP contribution >= 0.6 is 23.1 Å². The summed E-state index contributed by atoms with van der Waals surface area (Å²) in [6, 6.07) is 5.01. The molecule has 2 heterocycles. The van der Waals surface area contributed by atoms with Crippen LogP contribution in [0.1, 0.15) is 17.9 Å². The third-order valence-corrected chi connectivity index (χ3v) is 4.66. The van der Waals surface area contributed by atoms with E-state index < -0.39 is 11.0 Å². The number of rotatable bonds is 4. The quantitative estimate of drug-likeness (QED) is 0.688. The standard InChI is InChI=1S/C11H10N2O3S2/c1-7(14)10-6-9(13(15)16)11(18-10)17-8-2-4-12-5-3-8/h2-7,14H,1H3/t7-/m0/s1. The van der Waals surface area contributed by atoms with Crippen LogP contribution in [0, 0.1) is 10.1 Å². The van der Waals surface area contributed by atoms with Crippen LogP contribution in [-0.2, 0) is 0 Å². The van der Waals surface area contributed by atoms with Crippen LogP contribution in [0.4, 0.5) is 5.69 Å². The van der Waals surface area contributed by atoms with Crippen molar-refractivity contribution in [3.8, 4) is 0 Å². The number of hydrogen-bond acceptors (Lipinski definition) is 6. The van der Waals surface area contributed by atoms with E-state index >= 15 is 0 Å². The van der Waals surface area contributed by atoms with Crippen LogP contribution < -0.4 is 0 Å². The zero-order valence-electron chi connectivity index (χ0n) is 9.44. The number of nitrogens with zero attached hydrogens (tertiary/aromatic N) is 2. The molecule has 0 spiro atoms. The van der Waals surface area contributed by atoms with Gasteiger partial charge in [0.1, 0.15) is 4.21 Å². The largest absolute Gasteiger partial charge is 0.388 e. The van der Waals surface area contributed by atoms with E-state index in [9.17, 15) is 15.2 Å². The number of aliphatic hydroxyl groups is 1. The van der Waals surface area contributed by atoms with E-state index in [0.717, 1.165) is 4.90 Å². The van der Waals surface area contributed by atoms with E-state index in [2.05, 4.69) is 4.98 Å². The molecule has 0 amide bonds. The average Bonchev–Trinajstić information content (AvgIpc) is 2.74. The molecular weight excluding hydrogens is 272 g/mol. The van der Waals surface area contributed by atoms with Crippen LogP contribution in [0.15, 0.2) is 39.7 Å². The van der Waals surface area contributed by atoms with E-state index in [1.165, 1.54) is 29.2 Å². The van der Waals surface area contributed by atoms with Crippen LogP contribution in [0.3, 0.4) is 0 Å². The SMILES string of the molecule is C[C@H](O)c1cc([N+](=O)[O-])c(Sc2ccncc2)s1. The Morgan fingerprint density at radius 3 is 2.72 bits per heavy atom. The molecule has 0 radical (unpaired) electrons. The van der Waals surface area contributed by atoms with E-state index in [1.54, 1.807) is 31.5 Å². The van der Waals surface area contributed by atoms with Crippen LogP contribution in [0.2, 0.25) is 0 Å². The van der Waals surface area contributed by atoms with Gasteiger partial charge in [-0.05, 0) is 19.1 Å².